The van der Waals surface area contributed by atoms with Gasteiger partial charge in [-0.15, -0.1) is 10.2 Å². The second kappa shape index (κ2) is 7.35. The number of benzene rings is 2. The van der Waals surface area contributed by atoms with E-state index in [1.807, 2.05) is 38.1 Å². The quantitative estimate of drug-likeness (QED) is 0.489. The SMILES string of the molecule is CCn1c(O)c(N=NC(=O)c2cc(C)nc3ccc(OC)cc23)c2ccccc21. The fourth-order valence-corrected chi connectivity index (χ4v) is 3.48. The van der Waals surface area contributed by atoms with Crippen molar-refractivity contribution in [3.63, 3.8) is 0 Å². The highest BCUT2D eigenvalue weighted by Gasteiger charge is 2.17. The predicted molar refractivity (Wildman–Crippen MR) is 111 cm³/mol. The van der Waals surface area contributed by atoms with Crippen molar-refractivity contribution in [1.82, 2.24) is 9.55 Å². The molecule has 1 amide bonds. The van der Waals surface area contributed by atoms with Crippen LogP contribution in [0, 0.1) is 6.92 Å². The van der Waals surface area contributed by atoms with Gasteiger partial charge in [0.25, 0.3) is 5.91 Å². The van der Waals surface area contributed by atoms with Crippen LogP contribution in [0.2, 0.25) is 0 Å². The number of ether oxygens (including phenoxy) is 1. The number of hydrogen-bond donors (Lipinski definition) is 1. The summed E-state index contributed by atoms with van der Waals surface area (Å²) in [5.74, 6) is 0.0990. The number of aryl methyl sites for hydroxylation is 2. The van der Waals surface area contributed by atoms with Crippen LogP contribution in [0.1, 0.15) is 23.0 Å². The van der Waals surface area contributed by atoms with Gasteiger partial charge in [0.2, 0.25) is 5.88 Å². The molecular weight excluding hydrogens is 368 g/mol. The first kappa shape index (κ1) is 18.6. The number of aromatic hydroxyl groups is 1. The van der Waals surface area contributed by atoms with Gasteiger partial charge in [0.15, 0.2) is 5.69 Å². The Labute approximate surface area is 167 Å². The summed E-state index contributed by atoms with van der Waals surface area (Å²) in [4.78, 5) is 17.3. The first-order chi connectivity index (χ1) is 14.0. The zero-order chi connectivity index (χ0) is 20.5. The number of aromatic nitrogens is 2. The Morgan fingerprint density at radius 3 is 2.72 bits per heavy atom. The molecule has 7 heteroatoms. The van der Waals surface area contributed by atoms with Crippen molar-refractivity contribution in [2.24, 2.45) is 10.2 Å². The average Bonchev–Trinajstić information content (AvgIpc) is 3.01. The Morgan fingerprint density at radius 1 is 1.17 bits per heavy atom. The summed E-state index contributed by atoms with van der Waals surface area (Å²) in [6.07, 6.45) is 0. The highest BCUT2D eigenvalue weighted by Crippen LogP contribution is 2.38. The number of carbonyl (C=O) groups is 1. The number of rotatable bonds is 4. The molecule has 2 aromatic carbocycles. The van der Waals surface area contributed by atoms with Crippen molar-refractivity contribution in [3.8, 4) is 11.6 Å². The van der Waals surface area contributed by atoms with Crippen LogP contribution < -0.4 is 4.74 Å². The van der Waals surface area contributed by atoms with Gasteiger partial charge in [0, 0.05) is 23.0 Å². The molecule has 0 fully saturated rings. The molecule has 0 radical (unpaired) electrons. The zero-order valence-electron chi connectivity index (χ0n) is 16.4. The third-order valence-corrected chi connectivity index (χ3v) is 4.85. The monoisotopic (exact) mass is 388 g/mol. The van der Waals surface area contributed by atoms with Crippen molar-refractivity contribution >= 4 is 33.4 Å². The molecule has 0 saturated carbocycles. The summed E-state index contributed by atoms with van der Waals surface area (Å²) in [5.41, 5.74) is 2.88. The molecule has 146 valence electrons. The molecule has 0 saturated heterocycles. The van der Waals surface area contributed by atoms with Crippen molar-refractivity contribution in [3.05, 3.63) is 59.8 Å². The van der Waals surface area contributed by atoms with Gasteiger partial charge in [-0.2, -0.15) is 0 Å². The first-order valence-electron chi connectivity index (χ1n) is 9.25. The lowest BCUT2D eigenvalue weighted by Gasteiger charge is -2.06. The van der Waals surface area contributed by atoms with Crippen molar-refractivity contribution in [2.75, 3.05) is 7.11 Å². The summed E-state index contributed by atoms with van der Waals surface area (Å²) in [6, 6.07) is 14.5. The maximum Gasteiger partial charge on any atom is 0.296 e. The van der Waals surface area contributed by atoms with E-state index in [4.69, 9.17) is 4.74 Å². The molecular formula is C22H20N4O3. The molecule has 0 spiro atoms. The lowest BCUT2D eigenvalue weighted by atomic mass is 10.1. The van der Waals surface area contributed by atoms with Crippen LogP contribution >= 0.6 is 0 Å². The number of azo groups is 1. The van der Waals surface area contributed by atoms with E-state index >= 15 is 0 Å². The molecule has 1 N–H and O–H groups in total. The van der Waals surface area contributed by atoms with Crippen molar-refractivity contribution in [1.29, 1.82) is 0 Å². The molecule has 0 aliphatic carbocycles. The number of methoxy groups -OCH3 is 1. The molecule has 0 atom stereocenters. The number of fused-ring (bicyclic) bond motifs is 2. The lowest BCUT2D eigenvalue weighted by molar-refractivity contribution is 0.0996. The van der Waals surface area contributed by atoms with Gasteiger partial charge in [-0.1, -0.05) is 18.2 Å². The van der Waals surface area contributed by atoms with E-state index in [1.165, 1.54) is 0 Å². The van der Waals surface area contributed by atoms with Crippen LogP contribution in [-0.4, -0.2) is 27.7 Å². The molecule has 4 rings (SSSR count). The van der Waals surface area contributed by atoms with Crippen LogP contribution in [0.25, 0.3) is 21.8 Å². The van der Waals surface area contributed by atoms with E-state index in [1.54, 1.807) is 35.9 Å². The van der Waals surface area contributed by atoms with Gasteiger partial charge in [0.1, 0.15) is 5.75 Å². The van der Waals surface area contributed by atoms with Crippen molar-refractivity contribution < 1.29 is 14.6 Å². The average molecular weight is 388 g/mol. The Hall–Kier alpha value is -3.74. The molecule has 4 aromatic rings. The highest BCUT2D eigenvalue weighted by molar-refractivity contribution is 6.07. The Balaban J connectivity index is 1.81. The molecule has 0 aliphatic rings. The normalized spacial score (nSPS) is 11.6. The Bertz CT molecular complexity index is 1270. The molecule has 7 nitrogen and oxygen atoms in total. The number of carbonyl (C=O) groups excluding carboxylic acids is 1. The number of amides is 1. The third-order valence-electron chi connectivity index (χ3n) is 4.85. The maximum atomic E-state index is 12.9. The summed E-state index contributed by atoms with van der Waals surface area (Å²) in [6.45, 7) is 4.32. The minimum absolute atomic E-state index is 0.0114. The largest absolute Gasteiger partial charge is 0.497 e. The maximum absolute atomic E-state index is 12.9. The van der Waals surface area contributed by atoms with E-state index in [-0.39, 0.29) is 11.6 Å². The van der Waals surface area contributed by atoms with Crippen LogP contribution in [0.3, 0.4) is 0 Å². The second-order valence-corrected chi connectivity index (χ2v) is 6.63. The number of pyridine rings is 1. The van der Waals surface area contributed by atoms with Gasteiger partial charge in [-0.25, -0.2) is 0 Å². The molecule has 0 bridgehead atoms. The van der Waals surface area contributed by atoms with Crippen LogP contribution in [-0.2, 0) is 6.54 Å². The van der Waals surface area contributed by atoms with Crippen LogP contribution in [0.4, 0.5) is 5.69 Å². The summed E-state index contributed by atoms with van der Waals surface area (Å²) < 4.78 is 6.99. The van der Waals surface area contributed by atoms with Crippen molar-refractivity contribution in [2.45, 2.75) is 20.4 Å². The molecule has 2 aromatic heterocycles. The summed E-state index contributed by atoms with van der Waals surface area (Å²) in [7, 11) is 1.57. The number of hydrogen-bond acceptors (Lipinski definition) is 5. The molecule has 29 heavy (non-hydrogen) atoms. The van der Waals surface area contributed by atoms with E-state index in [0.717, 1.165) is 10.9 Å². The van der Waals surface area contributed by atoms with Gasteiger partial charge < -0.3 is 14.4 Å². The lowest BCUT2D eigenvalue weighted by Crippen LogP contribution is -1.99. The second-order valence-electron chi connectivity index (χ2n) is 6.63. The minimum Gasteiger partial charge on any atom is -0.497 e. The van der Waals surface area contributed by atoms with Crippen LogP contribution in [0.15, 0.2) is 58.8 Å². The molecule has 0 aliphatic heterocycles. The molecule has 0 unspecified atom stereocenters. The van der Waals surface area contributed by atoms with E-state index in [2.05, 4.69) is 15.2 Å². The van der Waals surface area contributed by atoms with Gasteiger partial charge in [-0.05, 0) is 44.2 Å². The van der Waals surface area contributed by atoms with Gasteiger partial charge >= 0.3 is 0 Å². The fourth-order valence-electron chi connectivity index (χ4n) is 3.48. The Kier molecular flexibility index (Phi) is 4.72. The van der Waals surface area contributed by atoms with E-state index in [9.17, 15) is 9.90 Å². The number of nitrogens with zero attached hydrogens (tertiary/aromatic N) is 4. The third kappa shape index (κ3) is 3.20. The standard InChI is InChI=1S/C22H20N4O3/c1-4-26-19-8-6-5-7-15(19)20(22(26)28)24-25-21(27)17-11-13(2)23-18-10-9-14(29-3)12-16(17)18/h5-12,28H,4H2,1-3H3. The van der Waals surface area contributed by atoms with E-state index in [0.29, 0.717) is 34.5 Å². The highest BCUT2D eigenvalue weighted by atomic mass is 16.5. The zero-order valence-corrected chi connectivity index (χ0v) is 16.4. The smallest absolute Gasteiger partial charge is 0.296 e. The predicted octanol–water partition coefficient (Wildman–Crippen LogP) is 5.16. The van der Waals surface area contributed by atoms with E-state index < -0.39 is 5.91 Å². The van der Waals surface area contributed by atoms with Gasteiger partial charge in [-0.3, -0.25) is 9.78 Å². The summed E-state index contributed by atoms with van der Waals surface area (Å²) >= 11 is 0. The Morgan fingerprint density at radius 2 is 1.97 bits per heavy atom. The topological polar surface area (TPSA) is 89.1 Å². The minimum atomic E-state index is -0.513. The number of para-hydroxylation sites is 1. The first-order valence-corrected chi connectivity index (χ1v) is 9.25. The van der Waals surface area contributed by atoms with Crippen LogP contribution in [0.5, 0.6) is 11.6 Å². The fraction of sp³-hybridized carbons (Fsp3) is 0.182. The summed E-state index contributed by atoms with van der Waals surface area (Å²) in [5, 5.41) is 20.0. The van der Waals surface area contributed by atoms with Gasteiger partial charge in [0.05, 0.1) is 23.7 Å². The molecule has 2 heterocycles.